The predicted molar refractivity (Wildman–Crippen MR) is 90.2 cm³/mol. The topological polar surface area (TPSA) is 86.8 Å². The zero-order valence-corrected chi connectivity index (χ0v) is 13.8. The number of nitrogens with zero attached hydrogens (tertiary/aromatic N) is 3. The first-order chi connectivity index (χ1) is 11.7. The number of aromatic nitrogens is 1. The Morgan fingerprint density at radius 1 is 1.25 bits per heavy atom. The van der Waals surface area contributed by atoms with Crippen LogP contribution in [0.2, 0.25) is 0 Å². The summed E-state index contributed by atoms with van der Waals surface area (Å²) in [5.74, 6) is 0.839. The molecule has 1 aromatic heterocycles. The zero-order valence-electron chi connectivity index (χ0n) is 13.8. The summed E-state index contributed by atoms with van der Waals surface area (Å²) in [5.41, 5.74) is 0.669. The molecule has 130 valence electrons. The van der Waals surface area contributed by atoms with Crippen LogP contribution >= 0.6 is 0 Å². The summed E-state index contributed by atoms with van der Waals surface area (Å²) in [6, 6.07) is 3.86. The molecule has 1 aliphatic carbocycles. The second-order valence-electron chi connectivity index (χ2n) is 5.95. The van der Waals surface area contributed by atoms with E-state index in [1.54, 1.807) is 18.0 Å². The number of hydrogen-bond donors (Lipinski definition) is 2. The standard InChI is InChI=1S/C16H23N5O3/c1-2-24-16(23)21-9-7-20(8-10-21)14-6-5-13(11-17-14)19-15(22)18-12-3-4-12/h5-6,11-12H,2-4,7-10H2,1H3,(H2,18,19,22). The number of ether oxygens (including phenoxy) is 1. The van der Waals surface area contributed by atoms with E-state index in [1.165, 1.54) is 0 Å². The highest BCUT2D eigenvalue weighted by atomic mass is 16.6. The molecule has 0 spiro atoms. The van der Waals surface area contributed by atoms with E-state index in [-0.39, 0.29) is 12.1 Å². The van der Waals surface area contributed by atoms with Gasteiger partial charge in [0.1, 0.15) is 5.82 Å². The molecule has 0 atom stereocenters. The summed E-state index contributed by atoms with van der Waals surface area (Å²) >= 11 is 0. The summed E-state index contributed by atoms with van der Waals surface area (Å²) in [6.45, 7) is 4.85. The molecule has 2 heterocycles. The average molecular weight is 333 g/mol. The number of piperazine rings is 1. The number of anilines is 2. The van der Waals surface area contributed by atoms with Crippen molar-refractivity contribution in [3.63, 3.8) is 0 Å². The van der Waals surface area contributed by atoms with Crippen LogP contribution in [0.15, 0.2) is 18.3 Å². The molecule has 3 rings (SSSR count). The molecule has 1 saturated heterocycles. The molecular weight excluding hydrogens is 310 g/mol. The van der Waals surface area contributed by atoms with Gasteiger partial charge in [-0.05, 0) is 31.9 Å². The van der Waals surface area contributed by atoms with Crippen LogP contribution < -0.4 is 15.5 Å². The molecule has 2 aliphatic rings. The van der Waals surface area contributed by atoms with Gasteiger partial charge in [0.2, 0.25) is 0 Å². The smallest absolute Gasteiger partial charge is 0.409 e. The fourth-order valence-corrected chi connectivity index (χ4v) is 2.56. The maximum atomic E-state index is 11.7. The van der Waals surface area contributed by atoms with Crippen LogP contribution in [0.5, 0.6) is 0 Å². The monoisotopic (exact) mass is 333 g/mol. The van der Waals surface area contributed by atoms with Gasteiger partial charge in [0.15, 0.2) is 0 Å². The molecule has 2 fully saturated rings. The molecule has 1 aromatic rings. The van der Waals surface area contributed by atoms with Crippen molar-refractivity contribution in [2.24, 2.45) is 0 Å². The lowest BCUT2D eigenvalue weighted by Gasteiger charge is -2.34. The Morgan fingerprint density at radius 2 is 2.00 bits per heavy atom. The van der Waals surface area contributed by atoms with Crippen molar-refractivity contribution in [1.29, 1.82) is 0 Å². The molecule has 24 heavy (non-hydrogen) atoms. The minimum Gasteiger partial charge on any atom is -0.450 e. The quantitative estimate of drug-likeness (QED) is 0.875. The Kier molecular flexibility index (Phi) is 5.02. The van der Waals surface area contributed by atoms with Gasteiger partial charge in [0.05, 0.1) is 18.5 Å². The first kappa shape index (κ1) is 16.4. The van der Waals surface area contributed by atoms with Crippen LogP contribution in [0.1, 0.15) is 19.8 Å². The SMILES string of the molecule is CCOC(=O)N1CCN(c2ccc(NC(=O)NC3CC3)cn2)CC1. The number of urea groups is 1. The van der Waals surface area contributed by atoms with E-state index in [9.17, 15) is 9.59 Å². The van der Waals surface area contributed by atoms with Crippen molar-refractivity contribution in [2.45, 2.75) is 25.8 Å². The van der Waals surface area contributed by atoms with Crippen LogP contribution in [-0.4, -0.2) is 60.8 Å². The minimum atomic E-state index is -0.258. The molecular formula is C16H23N5O3. The Balaban J connectivity index is 1.49. The Morgan fingerprint density at radius 3 is 2.58 bits per heavy atom. The van der Waals surface area contributed by atoms with Crippen molar-refractivity contribution in [3.05, 3.63) is 18.3 Å². The molecule has 8 heteroatoms. The van der Waals surface area contributed by atoms with Crippen molar-refractivity contribution in [1.82, 2.24) is 15.2 Å². The highest BCUT2D eigenvalue weighted by Gasteiger charge is 2.24. The van der Waals surface area contributed by atoms with Gasteiger partial charge in [-0.1, -0.05) is 0 Å². The number of amides is 3. The van der Waals surface area contributed by atoms with Gasteiger partial charge in [0.25, 0.3) is 0 Å². The van der Waals surface area contributed by atoms with E-state index in [0.29, 0.717) is 44.5 Å². The zero-order chi connectivity index (χ0) is 16.9. The average Bonchev–Trinajstić information content (AvgIpc) is 3.40. The van der Waals surface area contributed by atoms with Crippen molar-refractivity contribution >= 4 is 23.6 Å². The largest absolute Gasteiger partial charge is 0.450 e. The van der Waals surface area contributed by atoms with Gasteiger partial charge in [-0.2, -0.15) is 0 Å². The van der Waals surface area contributed by atoms with Crippen molar-refractivity contribution < 1.29 is 14.3 Å². The van der Waals surface area contributed by atoms with Gasteiger partial charge in [0, 0.05) is 32.2 Å². The molecule has 1 aliphatic heterocycles. The third kappa shape index (κ3) is 4.27. The lowest BCUT2D eigenvalue weighted by atomic mass is 10.3. The van der Waals surface area contributed by atoms with Crippen molar-refractivity contribution in [2.75, 3.05) is 43.0 Å². The molecule has 1 saturated carbocycles. The Labute approximate surface area is 141 Å². The second-order valence-corrected chi connectivity index (χ2v) is 5.95. The summed E-state index contributed by atoms with van der Waals surface area (Å²) in [7, 11) is 0. The summed E-state index contributed by atoms with van der Waals surface area (Å²) in [5, 5.41) is 5.65. The predicted octanol–water partition coefficient (Wildman–Crippen LogP) is 1.64. The van der Waals surface area contributed by atoms with E-state index in [2.05, 4.69) is 20.5 Å². The first-order valence-electron chi connectivity index (χ1n) is 8.36. The maximum Gasteiger partial charge on any atom is 0.409 e. The van der Waals surface area contributed by atoms with E-state index in [1.807, 2.05) is 12.1 Å². The molecule has 0 aromatic carbocycles. The summed E-state index contributed by atoms with van der Waals surface area (Å²) in [4.78, 5) is 31.6. The van der Waals surface area contributed by atoms with E-state index in [0.717, 1.165) is 18.7 Å². The number of pyridine rings is 1. The normalized spacial score (nSPS) is 17.4. The molecule has 0 bridgehead atoms. The maximum absolute atomic E-state index is 11.7. The molecule has 0 unspecified atom stereocenters. The number of carbonyl (C=O) groups excluding carboxylic acids is 2. The lowest BCUT2D eigenvalue weighted by Crippen LogP contribution is -2.49. The number of hydrogen-bond acceptors (Lipinski definition) is 5. The Bertz CT molecular complexity index is 580. The van der Waals surface area contributed by atoms with Crippen molar-refractivity contribution in [3.8, 4) is 0 Å². The molecule has 8 nitrogen and oxygen atoms in total. The van der Waals surface area contributed by atoms with Gasteiger partial charge < -0.3 is 25.2 Å². The van der Waals surface area contributed by atoms with Crippen LogP contribution in [0.25, 0.3) is 0 Å². The Hall–Kier alpha value is -2.51. The number of nitrogens with one attached hydrogen (secondary N) is 2. The molecule has 0 radical (unpaired) electrons. The van der Waals surface area contributed by atoms with Crippen LogP contribution in [0.3, 0.4) is 0 Å². The van der Waals surface area contributed by atoms with Gasteiger partial charge in [-0.25, -0.2) is 14.6 Å². The number of carbonyl (C=O) groups is 2. The van der Waals surface area contributed by atoms with Gasteiger partial charge >= 0.3 is 12.1 Å². The van der Waals surface area contributed by atoms with E-state index < -0.39 is 0 Å². The highest BCUT2D eigenvalue weighted by Crippen LogP contribution is 2.19. The lowest BCUT2D eigenvalue weighted by molar-refractivity contribution is 0.105. The molecule has 2 N–H and O–H groups in total. The van der Waals surface area contributed by atoms with Crippen LogP contribution in [0.4, 0.5) is 21.1 Å². The van der Waals surface area contributed by atoms with Crippen LogP contribution in [0, 0.1) is 0 Å². The fraction of sp³-hybridized carbons (Fsp3) is 0.562. The minimum absolute atomic E-state index is 0.185. The van der Waals surface area contributed by atoms with Crippen LogP contribution in [-0.2, 0) is 4.74 Å². The second kappa shape index (κ2) is 7.37. The van der Waals surface area contributed by atoms with E-state index in [4.69, 9.17) is 4.74 Å². The van der Waals surface area contributed by atoms with Gasteiger partial charge in [-0.15, -0.1) is 0 Å². The number of rotatable bonds is 4. The summed E-state index contributed by atoms with van der Waals surface area (Å²) < 4.78 is 5.01. The third-order valence-electron chi connectivity index (χ3n) is 4.05. The summed E-state index contributed by atoms with van der Waals surface area (Å²) in [6.07, 6.45) is 3.51. The van der Waals surface area contributed by atoms with Gasteiger partial charge in [-0.3, -0.25) is 0 Å². The fourth-order valence-electron chi connectivity index (χ4n) is 2.56. The highest BCUT2D eigenvalue weighted by molar-refractivity contribution is 5.89. The third-order valence-corrected chi connectivity index (χ3v) is 4.05. The first-order valence-corrected chi connectivity index (χ1v) is 8.36. The van der Waals surface area contributed by atoms with E-state index >= 15 is 0 Å². The molecule has 3 amide bonds.